The van der Waals surface area contributed by atoms with Crippen molar-refractivity contribution in [2.24, 2.45) is 17.3 Å². The van der Waals surface area contributed by atoms with Gasteiger partial charge in [0.1, 0.15) is 0 Å². The van der Waals surface area contributed by atoms with E-state index in [0.29, 0.717) is 5.41 Å². The van der Waals surface area contributed by atoms with Crippen molar-refractivity contribution in [2.75, 3.05) is 39.3 Å². The maximum Gasteiger partial charge on any atom is 0.00514 e. The van der Waals surface area contributed by atoms with Gasteiger partial charge in [-0.1, -0.05) is 47.0 Å². The summed E-state index contributed by atoms with van der Waals surface area (Å²) in [4.78, 5) is 5.52. The van der Waals surface area contributed by atoms with Gasteiger partial charge in [-0.15, -0.1) is 0 Å². The van der Waals surface area contributed by atoms with E-state index in [9.17, 15) is 0 Å². The fourth-order valence-corrected chi connectivity index (χ4v) is 4.90. The Morgan fingerprint density at radius 2 is 1.54 bits per heavy atom. The first-order valence-electron chi connectivity index (χ1n) is 11.0. The SMILES string of the molecule is CCCCC(CCC)CN1CCC2(CC1)CN(CCCC(C)C)C2. The number of nitrogens with zero attached hydrogens (tertiary/aromatic N) is 2. The van der Waals surface area contributed by atoms with Crippen LogP contribution < -0.4 is 0 Å². The van der Waals surface area contributed by atoms with Gasteiger partial charge in [-0.25, -0.2) is 0 Å². The van der Waals surface area contributed by atoms with Gasteiger partial charge in [-0.3, -0.25) is 0 Å². The Balaban J connectivity index is 1.63. The molecule has 0 bridgehead atoms. The third kappa shape index (κ3) is 6.33. The van der Waals surface area contributed by atoms with Gasteiger partial charge >= 0.3 is 0 Å². The molecule has 1 unspecified atom stereocenters. The minimum absolute atomic E-state index is 0.706. The van der Waals surface area contributed by atoms with E-state index in [1.54, 1.807) is 0 Å². The van der Waals surface area contributed by atoms with Crippen LogP contribution in [-0.2, 0) is 0 Å². The van der Waals surface area contributed by atoms with Crippen molar-refractivity contribution in [3.05, 3.63) is 0 Å². The van der Waals surface area contributed by atoms with Crippen LogP contribution in [0.15, 0.2) is 0 Å². The van der Waals surface area contributed by atoms with Crippen LogP contribution in [0.25, 0.3) is 0 Å². The van der Waals surface area contributed by atoms with Gasteiger partial charge in [0.15, 0.2) is 0 Å². The van der Waals surface area contributed by atoms with Crippen LogP contribution >= 0.6 is 0 Å². The minimum atomic E-state index is 0.706. The highest BCUT2D eigenvalue weighted by molar-refractivity contribution is 4.98. The molecule has 2 fully saturated rings. The molecule has 0 N–H and O–H groups in total. The number of likely N-dealkylation sites (tertiary alicyclic amines) is 2. The number of piperidine rings is 1. The third-order valence-electron chi connectivity index (χ3n) is 6.47. The topological polar surface area (TPSA) is 6.48 Å². The van der Waals surface area contributed by atoms with E-state index in [2.05, 4.69) is 37.5 Å². The molecule has 2 heterocycles. The second-order valence-electron chi connectivity index (χ2n) is 9.34. The highest BCUT2D eigenvalue weighted by Gasteiger charge is 2.44. The lowest BCUT2D eigenvalue weighted by molar-refractivity contribution is -0.0494. The zero-order chi connectivity index (χ0) is 17.4. The lowest BCUT2D eigenvalue weighted by atomic mass is 9.71. The predicted octanol–water partition coefficient (Wildman–Crippen LogP) is 5.43. The van der Waals surface area contributed by atoms with Crippen molar-refractivity contribution in [2.45, 2.75) is 85.5 Å². The summed E-state index contributed by atoms with van der Waals surface area (Å²) < 4.78 is 0. The molecule has 0 aromatic rings. The Morgan fingerprint density at radius 1 is 0.833 bits per heavy atom. The van der Waals surface area contributed by atoms with Crippen LogP contribution in [0.4, 0.5) is 0 Å². The summed E-state index contributed by atoms with van der Waals surface area (Å²) in [6.45, 7) is 17.6. The van der Waals surface area contributed by atoms with Crippen LogP contribution in [0.5, 0.6) is 0 Å². The minimum Gasteiger partial charge on any atom is -0.303 e. The highest BCUT2D eigenvalue weighted by Crippen LogP contribution is 2.40. The maximum absolute atomic E-state index is 2.79. The molecule has 2 aliphatic rings. The van der Waals surface area contributed by atoms with E-state index < -0.39 is 0 Å². The summed E-state index contributed by atoms with van der Waals surface area (Å²) in [6.07, 6.45) is 12.7. The van der Waals surface area contributed by atoms with Gasteiger partial charge in [0.05, 0.1) is 0 Å². The number of unbranched alkanes of at least 4 members (excludes halogenated alkanes) is 1. The molecule has 1 spiro atoms. The first-order chi connectivity index (χ1) is 11.6. The van der Waals surface area contributed by atoms with Crippen LogP contribution in [0.1, 0.15) is 85.5 Å². The van der Waals surface area contributed by atoms with Gasteiger partial charge in [0.2, 0.25) is 0 Å². The van der Waals surface area contributed by atoms with Crippen LogP contribution in [0.3, 0.4) is 0 Å². The molecular formula is C22H44N2. The fourth-order valence-electron chi connectivity index (χ4n) is 4.90. The van der Waals surface area contributed by atoms with Crippen molar-refractivity contribution in [3.63, 3.8) is 0 Å². The molecule has 0 aromatic carbocycles. The Bertz CT molecular complexity index is 323. The smallest absolute Gasteiger partial charge is 0.00514 e. The van der Waals surface area contributed by atoms with Gasteiger partial charge in [-0.2, -0.15) is 0 Å². The van der Waals surface area contributed by atoms with Gasteiger partial charge < -0.3 is 9.80 Å². The van der Waals surface area contributed by atoms with E-state index in [1.165, 1.54) is 97.1 Å². The van der Waals surface area contributed by atoms with Gasteiger partial charge in [-0.05, 0) is 75.4 Å². The Kier molecular flexibility index (Phi) is 8.57. The molecule has 2 heteroatoms. The molecule has 0 radical (unpaired) electrons. The monoisotopic (exact) mass is 336 g/mol. The lowest BCUT2D eigenvalue weighted by Gasteiger charge is -2.54. The van der Waals surface area contributed by atoms with Crippen molar-refractivity contribution >= 4 is 0 Å². The summed E-state index contributed by atoms with van der Waals surface area (Å²) in [5.41, 5.74) is 0.706. The Hall–Kier alpha value is -0.0800. The van der Waals surface area contributed by atoms with Crippen molar-refractivity contribution in [3.8, 4) is 0 Å². The fraction of sp³-hybridized carbons (Fsp3) is 1.00. The molecule has 2 aliphatic heterocycles. The van der Waals surface area contributed by atoms with E-state index >= 15 is 0 Å². The summed E-state index contributed by atoms with van der Waals surface area (Å²) in [5.74, 6) is 1.82. The number of rotatable bonds is 11. The first kappa shape index (κ1) is 20.2. The third-order valence-corrected chi connectivity index (χ3v) is 6.47. The summed E-state index contributed by atoms with van der Waals surface area (Å²) in [5, 5.41) is 0. The van der Waals surface area contributed by atoms with Crippen LogP contribution in [0, 0.1) is 17.3 Å². The molecule has 0 amide bonds. The quantitative estimate of drug-likeness (QED) is 0.496. The number of hydrogen-bond donors (Lipinski definition) is 0. The van der Waals surface area contributed by atoms with Crippen molar-refractivity contribution < 1.29 is 0 Å². The van der Waals surface area contributed by atoms with E-state index in [4.69, 9.17) is 0 Å². The number of hydrogen-bond acceptors (Lipinski definition) is 2. The molecule has 142 valence electrons. The Morgan fingerprint density at radius 3 is 2.12 bits per heavy atom. The molecule has 2 saturated heterocycles. The molecule has 0 aliphatic carbocycles. The summed E-state index contributed by atoms with van der Waals surface area (Å²) in [6, 6.07) is 0. The van der Waals surface area contributed by atoms with Gasteiger partial charge in [0, 0.05) is 19.6 Å². The average molecular weight is 337 g/mol. The van der Waals surface area contributed by atoms with Crippen LogP contribution in [0.2, 0.25) is 0 Å². The largest absolute Gasteiger partial charge is 0.303 e. The predicted molar refractivity (Wildman–Crippen MR) is 107 cm³/mol. The first-order valence-corrected chi connectivity index (χ1v) is 11.0. The zero-order valence-corrected chi connectivity index (χ0v) is 17.2. The summed E-state index contributed by atoms with van der Waals surface area (Å²) >= 11 is 0. The Labute approximate surface area is 152 Å². The second kappa shape index (κ2) is 10.2. The molecule has 0 saturated carbocycles. The maximum atomic E-state index is 2.79. The summed E-state index contributed by atoms with van der Waals surface area (Å²) in [7, 11) is 0. The van der Waals surface area contributed by atoms with E-state index in [-0.39, 0.29) is 0 Å². The average Bonchev–Trinajstić information content (AvgIpc) is 2.52. The van der Waals surface area contributed by atoms with Crippen molar-refractivity contribution in [1.82, 2.24) is 9.80 Å². The van der Waals surface area contributed by atoms with Gasteiger partial charge in [0.25, 0.3) is 0 Å². The van der Waals surface area contributed by atoms with E-state index in [0.717, 1.165) is 11.8 Å². The van der Waals surface area contributed by atoms with E-state index in [1.807, 2.05) is 0 Å². The lowest BCUT2D eigenvalue weighted by Crippen LogP contribution is -2.60. The molecule has 2 nitrogen and oxygen atoms in total. The molecule has 2 rings (SSSR count). The molecular weight excluding hydrogens is 292 g/mol. The second-order valence-corrected chi connectivity index (χ2v) is 9.34. The standard InChI is InChI=1S/C22H44N2/c1-5-7-11-21(9-6-2)17-23-15-12-22(13-16-23)18-24(19-22)14-8-10-20(3)4/h20-21H,5-19H2,1-4H3. The highest BCUT2D eigenvalue weighted by atomic mass is 15.2. The zero-order valence-electron chi connectivity index (χ0n) is 17.2. The normalized spacial score (nSPS) is 22.9. The van der Waals surface area contributed by atoms with Crippen molar-refractivity contribution in [1.29, 1.82) is 0 Å². The molecule has 1 atom stereocenters. The molecule has 24 heavy (non-hydrogen) atoms. The van der Waals surface area contributed by atoms with Crippen LogP contribution in [-0.4, -0.2) is 49.1 Å². The molecule has 0 aromatic heterocycles.